The van der Waals surface area contributed by atoms with E-state index in [2.05, 4.69) is 27.1 Å². The van der Waals surface area contributed by atoms with Gasteiger partial charge >= 0.3 is 0 Å². The lowest BCUT2D eigenvalue weighted by atomic mass is 9.95. The fraction of sp³-hybridized carbons (Fsp3) is 0.375. The van der Waals surface area contributed by atoms with Crippen LogP contribution in [0.5, 0.6) is 0 Å². The molecule has 21 heavy (non-hydrogen) atoms. The van der Waals surface area contributed by atoms with Crippen molar-refractivity contribution in [2.75, 3.05) is 31.1 Å². The first-order valence-corrected chi connectivity index (χ1v) is 7.27. The summed E-state index contributed by atoms with van der Waals surface area (Å²) in [6, 6.07) is 6.60. The van der Waals surface area contributed by atoms with E-state index in [9.17, 15) is 4.39 Å². The molecule has 1 atom stereocenters. The monoisotopic (exact) mass is 286 g/mol. The van der Waals surface area contributed by atoms with E-state index in [0.29, 0.717) is 0 Å². The first-order valence-electron chi connectivity index (χ1n) is 7.27. The number of benzene rings is 1. The van der Waals surface area contributed by atoms with E-state index in [1.165, 1.54) is 12.1 Å². The van der Waals surface area contributed by atoms with Crippen LogP contribution in [-0.2, 0) is 0 Å². The van der Waals surface area contributed by atoms with Crippen LogP contribution in [-0.4, -0.2) is 36.1 Å². The molecule has 1 aromatic carbocycles. The van der Waals surface area contributed by atoms with Gasteiger partial charge in [-0.25, -0.2) is 14.4 Å². The molecule has 1 aliphatic rings. The Bertz CT molecular complexity index is 576. The first kappa shape index (κ1) is 13.9. The number of hydrogen-bond donors (Lipinski definition) is 1. The zero-order valence-electron chi connectivity index (χ0n) is 12.1. The Morgan fingerprint density at radius 2 is 1.67 bits per heavy atom. The van der Waals surface area contributed by atoms with E-state index in [0.717, 1.165) is 43.3 Å². The van der Waals surface area contributed by atoms with Gasteiger partial charge in [0.25, 0.3) is 0 Å². The van der Waals surface area contributed by atoms with E-state index < -0.39 is 0 Å². The zero-order valence-corrected chi connectivity index (χ0v) is 12.1. The van der Waals surface area contributed by atoms with Crippen LogP contribution in [0.25, 0.3) is 0 Å². The normalized spacial score (nSPS) is 16.8. The molecule has 1 saturated heterocycles. The van der Waals surface area contributed by atoms with Crippen molar-refractivity contribution in [2.24, 2.45) is 0 Å². The van der Waals surface area contributed by atoms with Crippen molar-refractivity contribution in [2.45, 2.75) is 12.8 Å². The summed E-state index contributed by atoms with van der Waals surface area (Å²) in [7, 11) is 0. The maximum atomic E-state index is 13.0. The topological polar surface area (TPSA) is 41.1 Å². The first-order chi connectivity index (χ1) is 10.2. The van der Waals surface area contributed by atoms with Gasteiger partial charge in [-0.05, 0) is 23.3 Å². The Kier molecular flexibility index (Phi) is 4.10. The molecule has 2 heterocycles. The average molecular weight is 286 g/mol. The Labute approximate surface area is 124 Å². The van der Waals surface area contributed by atoms with Gasteiger partial charge in [-0.2, -0.15) is 0 Å². The fourth-order valence-corrected chi connectivity index (χ4v) is 2.53. The standard InChI is InChI=1S/C16H19FN4/c1-12(13-2-4-15(17)5-3-13)14-10-19-16(20-11-14)21-8-6-18-7-9-21/h2-5,10-12,18H,6-9H2,1H3/t12-/m1/s1. The highest BCUT2D eigenvalue weighted by Crippen LogP contribution is 2.23. The number of piperazine rings is 1. The van der Waals surface area contributed by atoms with Gasteiger partial charge < -0.3 is 10.2 Å². The lowest BCUT2D eigenvalue weighted by Crippen LogP contribution is -2.44. The minimum atomic E-state index is -0.212. The van der Waals surface area contributed by atoms with Crippen molar-refractivity contribution >= 4 is 5.95 Å². The van der Waals surface area contributed by atoms with Gasteiger partial charge in [0.05, 0.1) is 0 Å². The molecule has 5 heteroatoms. The maximum absolute atomic E-state index is 13.0. The van der Waals surface area contributed by atoms with Gasteiger partial charge in [-0.15, -0.1) is 0 Å². The van der Waals surface area contributed by atoms with E-state index in [1.54, 1.807) is 0 Å². The molecule has 1 N–H and O–H groups in total. The van der Waals surface area contributed by atoms with Crippen molar-refractivity contribution in [1.82, 2.24) is 15.3 Å². The summed E-state index contributed by atoms with van der Waals surface area (Å²) >= 11 is 0. The molecule has 0 amide bonds. The summed E-state index contributed by atoms with van der Waals surface area (Å²) in [5.41, 5.74) is 2.11. The van der Waals surface area contributed by atoms with Crippen LogP contribution in [0, 0.1) is 5.82 Å². The molecule has 1 aromatic heterocycles. The van der Waals surface area contributed by atoms with Crippen LogP contribution in [0.3, 0.4) is 0 Å². The highest BCUT2D eigenvalue weighted by Gasteiger charge is 2.14. The van der Waals surface area contributed by atoms with Crippen LogP contribution in [0.15, 0.2) is 36.7 Å². The van der Waals surface area contributed by atoms with Crippen molar-refractivity contribution in [3.05, 3.63) is 53.6 Å². The highest BCUT2D eigenvalue weighted by molar-refractivity contribution is 5.34. The van der Waals surface area contributed by atoms with Gasteiger partial charge in [0, 0.05) is 44.5 Å². The SMILES string of the molecule is C[C@H](c1ccc(F)cc1)c1cnc(N2CCNCC2)nc1. The van der Waals surface area contributed by atoms with Crippen molar-refractivity contribution < 1.29 is 4.39 Å². The largest absolute Gasteiger partial charge is 0.338 e. The molecule has 1 fully saturated rings. The van der Waals surface area contributed by atoms with Crippen molar-refractivity contribution in [3.8, 4) is 0 Å². The summed E-state index contributed by atoms with van der Waals surface area (Å²) in [5, 5.41) is 3.31. The van der Waals surface area contributed by atoms with Crippen LogP contribution in [0.2, 0.25) is 0 Å². The summed E-state index contributed by atoms with van der Waals surface area (Å²) in [6.07, 6.45) is 3.75. The predicted molar refractivity (Wildman–Crippen MR) is 81.0 cm³/mol. The maximum Gasteiger partial charge on any atom is 0.225 e. The number of hydrogen-bond acceptors (Lipinski definition) is 4. The Hall–Kier alpha value is -2.01. The third kappa shape index (κ3) is 3.19. The molecule has 2 aromatic rings. The van der Waals surface area contributed by atoms with E-state index in [-0.39, 0.29) is 11.7 Å². The molecule has 1 aliphatic heterocycles. The Morgan fingerprint density at radius 3 is 2.29 bits per heavy atom. The average Bonchev–Trinajstić information content (AvgIpc) is 2.56. The molecule has 0 bridgehead atoms. The lowest BCUT2D eigenvalue weighted by Gasteiger charge is -2.27. The number of rotatable bonds is 3. The minimum absolute atomic E-state index is 0.155. The molecule has 0 saturated carbocycles. The van der Waals surface area contributed by atoms with Crippen LogP contribution >= 0.6 is 0 Å². The molecule has 4 nitrogen and oxygen atoms in total. The number of aromatic nitrogens is 2. The number of nitrogens with one attached hydrogen (secondary N) is 1. The molecule has 0 unspecified atom stereocenters. The third-order valence-electron chi connectivity index (χ3n) is 3.93. The third-order valence-corrected chi connectivity index (χ3v) is 3.93. The smallest absolute Gasteiger partial charge is 0.225 e. The van der Waals surface area contributed by atoms with Gasteiger partial charge in [-0.3, -0.25) is 0 Å². The second kappa shape index (κ2) is 6.18. The molecular weight excluding hydrogens is 267 g/mol. The molecule has 3 rings (SSSR count). The summed E-state index contributed by atoms with van der Waals surface area (Å²) in [6.45, 7) is 5.89. The van der Waals surface area contributed by atoms with Gasteiger partial charge in [0.15, 0.2) is 0 Å². The van der Waals surface area contributed by atoms with Gasteiger partial charge in [-0.1, -0.05) is 19.1 Å². The molecule has 0 radical (unpaired) electrons. The van der Waals surface area contributed by atoms with Crippen molar-refractivity contribution in [1.29, 1.82) is 0 Å². The minimum Gasteiger partial charge on any atom is -0.338 e. The zero-order chi connectivity index (χ0) is 14.7. The number of nitrogens with zero attached hydrogens (tertiary/aromatic N) is 3. The summed E-state index contributed by atoms with van der Waals surface area (Å²) in [5.74, 6) is 0.727. The quantitative estimate of drug-likeness (QED) is 0.939. The predicted octanol–water partition coefficient (Wildman–Crippen LogP) is 2.18. The van der Waals surface area contributed by atoms with Gasteiger partial charge in [0.2, 0.25) is 5.95 Å². The van der Waals surface area contributed by atoms with E-state index in [1.807, 2.05) is 24.5 Å². The Morgan fingerprint density at radius 1 is 1.05 bits per heavy atom. The Balaban J connectivity index is 1.75. The summed E-state index contributed by atoms with van der Waals surface area (Å²) < 4.78 is 13.0. The van der Waals surface area contributed by atoms with Crippen LogP contribution in [0.4, 0.5) is 10.3 Å². The van der Waals surface area contributed by atoms with Crippen LogP contribution < -0.4 is 10.2 Å². The lowest BCUT2D eigenvalue weighted by molar-refractivity contribution is 0.579. The van der Waals surface area contributed by atoms with Crippen LogP contribution in [0.1, 0.15) is 24.0 Å². The number of halogens is 1. The molecule has 110 valence electrons. The second-order valence-corrected chi connectivity index (χ2v) is 5.33. The second-order valence-electron chi connectivity index (χ2n) is 5.33. The molecule has 0 aliphatic carbocycles. The van der Waals surface area contributed by atoms with E-state index >= 15 is 0 Å². The summed E-state index contributed by atoms with van der Waals surface area (Å²) in [4.78, 5) is 11.1. The highest BCUT2D eigenvalue weighted by atomic mass is 19.1. The molecule has 0 spiro atoms. The fourth-order valence-electron chi connectivity index (χ4n) is 2.53. The van der Waals surface area contributed by atoms with Gasteiger partial charge in [0.1, 0.15) is 5.82 Å². The number of anilines is 1. The van der Waals surface area contributed by atoms with E-state index in [4.69, 9.17) is 0 Å². The molecular formula is C16H19FN4. The van der Waals surface area contributed by atoms with Crippen molar-refractivity contribution in [3.63, 3.8) is 0 Å².